The van der Waals surface area contributed by atoms with Crippen LogP contribution in [0, 0.1) is 12.8 Å². The van der Waals surface area contributed by atoms with Gasteiger partial charge in [0.2, 0.25) is 5.91 Å². The minimum atomic E-state index is 0.00390. The largest absolute Gasteiger partial charge is 0.381 e. The van der Waals surface area contributed by atoms with Gasteiger partial charge in [0.05, 0.1) is 5.69 Å². The number of hydrogen-bond acceptors (Lipinski definition) is 5. The number of likely N-dealkylation sites (N-methyl/N-ethyl adjacent to an activating group) is 1. The molecule has 1 saturated carbocycles. The van der Waals surface area contributed by atoms with Crippen LogP contribution in [0.15, 0.2) is 6.07 Å². The van der Waals surface area contributed by atoms with E-state index in [2.05, 4.69) is 14.9 Å². The molecule has 0 aromatic carbocycles. The van der Waals surface area contributed by atoms with Gasteiger partial charge >= 0.3 is 0 Å². The van der Waals surface area contributed by atoms with Crippen LogP contribution in [0.5, 0.6) is 0 Å². The van der Waals surface area contributed by atoms with Crippen LogP contribution < -0.4 is 0 Å². The van der Waals surface area contributed by atoms with Crippen LogP contribution in [0.2, 0.25) is 0 Å². The maximum absolute atomic E-state index is 12.9. The third-order valence-corrected chi connectivity index (χ3v) is 7.03. The predicted octanol–water partition coefficient (Wildman–Crippen LogP) is 1.68. The van der Waals surface area contributed by atoms with Crippen molar-refractivity contribution in [3.05, 3.63) is 17.5 Å². The maximum Gasteiger partial charge on any atom is 0.271 e. The lowest BCUT2D eigenvalue weighted by Crippen LogP contribution is -2.55. The number of piperidine rings is 1. The highest BCUT2D eigenvalue weighted by Crippen LogP contribution is 2.33. The molecule has 3 fully saturated rings. The van der Waals surface area contributed by atoms with Gasteiger partial charge in [0.25, 0.3) is 5.91 Å². The molecule has 1 aliphatic carbocycles. The number of likely N-dealkylation sites (tertiary alicyclic amines) is 1. The molecule has 0 N–H and O–H groups in total. The Kier molecular flexibility index (Phi) is 6.96. The summed E-state index contributed by atoms with van der Waals surface area (Å²) in [5, 5.41) is 4.31. The molecule has 3 heterocycles. The first-order chi connectivity index (χ1) is 14.9. The highest BCUT2D eigenvalue weighted by Gasteiger charge is 2.38. The first-order valence-corrected chi connectivity index (χ1v) is 11.8. The van der Waals surface area contributed by atoms with Gasteiger partial charge in [-0.15, -0.1) is 0 Å². The lowest BCUT2D eigenvalue weighted by molar-refractivity contribution is -0.135. The maximum atomic E-state index is 12.9. The molecule has 0 spiro atoms. The molecule has 1 unspecified atom stereocenters. The smallest absolute Gasteiger partial charge is 0.271 e. The van der Waals surface area contributed by atoms with Crippen molar-refractivity contribution in [1.82, 2.24) is 24.5 Å². The van der Waals surface area contributed by atoms with E-state index in [1.807, 2.05) is 27.1 Å². The van der Waals surface area contributed by atoms with Crippen LogP contribution in [-0.2, 0) is 16.6 Å². The van der Waals surface area contributed by atoms with E-state index in [0.29, 0.717) is 30.2 Å². The second-order valence-corrected chi connectivity index (χ2v) is 9.46. The molecule has 2 amide bonds. The second-order valence-electron chi connectivity index (χ2n) is 9.46. The van der Waals surface area contributed by atoms with Gasteiger partial charge in [0, 0.05) is 71.5 Å². The molecule has 1 aromatic rings. The fourth-order valence-electron chi connectivity index (χ4n) is 5.07. The lowest BCUT2D eigenvalue weighted by atomic mass is 9.98. The molecule has 2 saturated heterocycles. The van der Waals surface area contributed by atoms with Crippen molar-refractivity contribution in [2.45, 2.75) is 57.5 Å². The van der Waals surface area contributed by atoms with Crippen LogP contribution in [0.4, 0.5) is 0 Å². The van der Waals surface area contributed by atoms with E-state index in [-0.39, 0.29) is 11.8 Å². The fourth-order valence-corrected chi connectivity index (χ4v) is 5.07. The van der Waals surface area contributed by atoms with E-state index in [9.17, 15) is 9.59 Å². The Morgan fingerprint density at radius 3 is 2.52 bits per heavy atom. The summed E-state index contributed by atoms with van der Waals surface area (Å²) in [6.45, 7) is 6.69. The molecule has 1 atom stereocenters. The first-order valence-electron chi connectivity index (χ1n) is 11.8. The van der Waals surface area contributed by atoms with Crippen LogP contribution in [0.1, 0.15) is 54.7 Å². The van der Waals surface area contributed by atoms with Crippen molar-refractivity contribution in [2.24, 2.45) is 13.0 Å². The molecule has 31 heavy (non-hydrogen) atoms. The van der Waals surface area contributed by atoms with E-state index in [1.54, 1.807) is 9.58 Å². The van der Waals surface area contributed by atoms with Gasteiger partial charge in [-0.25, -0.2) is 0 Å². The third-order valence-electron chi connectivity index (χ3n) is 7.03. The topological polar surface area (TPSA) is 70.9 Å². The zero-order chi connectivity index (χ0) is 22.0. The van der Waals surface area contributed by atoms with E-state index >= 15 is 0 Å². The van der Waals surface area contributed by atoms with Crippen LogP contribution in [-0.4, -0.2) is 94.8 Å². The third kappa shape index (κ3) is 5.29. The Bertz CT molecular complexity index is 784. The summed E-state index contributed by atoms with van der Waals surface area (Å²) < 4.78 is 7.27. The van der Waals surface area contributed by atoms with Gasteiger partial charge in [0.1, 0.15) is 5.69 Å². The molecule has 2 aliphatic heterocycles. The Morgan fingerprint density at radius 2 is 1.87 bits per heavy atom. The number of carbonyl (C=O) groups excluding carboxylic acids is 2. The molecule has 8 nitrogen and oxygen atoms in total. The van der Waals surface area contributed by atoms with E-state index in [1.165, 1.54) is 0 Å². The number of carbonyl (C=O) groups is 2. The Hall–Kier alpha value is -1.93. The normalized spacial score (nSPS) is 22.7. The van der Waals surface area contributed by atoms with E-state index in [0.717, 1.165) is 77.1 Å². The number of rotatable bonds is 7. The second kappa shape index (κ2) is 9.69. The van der Waals surface area contributed by atoms with Crippen molar-refractivity contribution in [2.75, 3.05) is 46.4 Å². The molecule has 1 aromatic heterocycles. The molecule has 3 aliphatic rings. The number of nitrogens with zero attached hydrogens (tertiary/aromatic N) is 5. The van der Waals surface area contributed by atoms with Gasteiger partial charge in [0.15, 0.2) is 0 Å². The summed E-state index contributed by atoms with van der Waals surface area (Å²) >= 11 is 0. The number of aryl methyl sites for hydroxylation is 2. The zero-order valence-corrected chi connectivity index (χ0v) is 19.3. The number of amides is 2. The molecule has 8 heteroatoms. The summed E-state index contributed by atoms with van der Waals surface area (Å²) in [4.78, 5) is 32.1. The zero-order valence-electron chi connectivity index (χ0n) is 19.3. The Labute approximate surface area is 185 Å². The molecule has 172 valence electrons. The average molecular weight is 432 g/mol. The van der Waals surface area contributed by atoms with E-state index < -0.39 is 0 Å². The fraction of sp³-hybridized carbons (Fsp3) is 0.783. The van der Waals surface area contributed by atoms with Gasteiger partial charge in [-0.1, -0.05) is 0 Å². The van der Waals surface area contributed by atoms with Gasteiger partial charge < -0.3 is 14.5 Å². The van der Waals surface area contributed by atoms with Gasteiger partial charge in [-0.3, -0.25) is 19.2 Å². The van der Waals surface area contributed by atoms with Crippen molar-refractivity contribution in [3.8, 4) is 0 Å². The predicted molar refractivity (Wildman–Crippen MR) is 118 cm³/mol. The number of aromatic nitrogens is 2. The Morgan fingerprint density at radius 1 is 1.13 bits per heavy atom. The molecular weight excluding hydrogens is 394 g/mol. The van der Waals surface area contributed by atoms with Crippen LogP contribution >= 0.6 is 0 Å². The van der Waals surface area contributed by atoms with Crippen molar-refractivity contribution in [1.29, 1.82) is 0 Å². The molecule has 0 bridgehead atoms. The molecular formula is C23H37N5O3. The highest BCUT2D eigenvalue weighted by atomic mass is 16.5. The van der Waals surface area contributed by atoms with E-state index in [4.69, 9.17) is 4.74 Å². The van der Waals surface area contributed by atoms with Crippen LogP contribution in [0.3, 0.4) is 0 Å². The summed E-state index contributed by atoms with van der Waals surface area (Å²) in [7, 11) is 3.69. The summed E-state index contributed by atoms with van der Waals surface area (Å²) in [6.07, 6.45) is 6.34. The number of ether oxygens (including phenoxy) is 1. The number of hydrogen-bond donors (Lipinski definition) is 0. The summed E-state index contributed by atoms with van der Waals surface area (Å²) in [5.74, 6) is 0.640. The molecule has 0 radical (unpaired) electrons. The van der Waals surface area contributed by atoms with Gasteiger partial charge in [-0.2, -0.15) is 5.10 Å². The monoisotopic (exact) mass is 431 g/mol. The summed E-state index contributed by atoms with van der Waals surface area (Å²) in [6, 6.07) is 2.66. The van der Waals surface area contributed by atoms with Crippen molar-refractivity contribution < 1.29 is 14.3 Å². The quantitative estimate of drug-likeness (QED) is 0.657. The standard InChI is InChI=1S/C23H37N5O3/c1-17-15-21(26(3)24-17)23(30)25(2)11-12-28(19-8-13-31-14-9-19)20-5-4-10-27(16-20)22(29)18-6-7-18/h15,18-20H,4-14,16H2,1-3H3. The highest BCUT2D eigenvalue weighted by molar-refractivity contribution is 5.92. The first kappa shape index (κ1) is 22.3. The minimum absolute atomic E-state index is 0.00390. The lowest BCUT2D eigenvalue weighted by Gasteiger charge is -2.44. The SMILES string of the molecule is Cc1cc(C(=O)N(C)CCN(C2CCOCC2)C2CCCN(C(=O)C3CC3)C2)n(C)n1. The van der Waals surface area contributed by atoms with Crippen molar-refractivity contribution in [3.63, 3.8) is 0 Å². The minimum Gasteiger partial charge on any atom is -0.381 e. The average Bonchev–Trinajstić information content (AvgIpc) is 3.57. The van der Waals surface area contributed by atoms with Gasteiger partial charge in [-0.05, 0) is 51.5 Å². The van der Waals surface area contributed by atoms with Crippen LogP contribution in [0.25, 0.3) is 0 Å². The van der Waals surface area contributed by atoms with Crippen molar-refractivity contribution >= 4 is 11.8 Å². The summed E-state index contributed by atoms with van der Waals surface area (Å²) in [5.41, 5.74) is 1.47. The Balaban J connectivity index is 1.41. The molecule has 4 rings (SSSR count).